The van der Waals surface area contributed by atoms with Gasteiger partial charge in [-0.05, 0) is 87.4 Å². The van der Waals surface area contributed by atoms with Crippen molar-refractivity contribution >= 4 is 77.5 Å². The Bertz CT molecular complexity index is 1190. The third-order valence-corrected chi connectivity index (χ3v) is 8.91. The van der Waals surface area contributed by atoms with Gasteiger partial charge in [0, 0.05) is 12.0 Å². The number of anilines is 1. The van der Waals surface area contributed by atoms with Crippen molar-refractivity contribution in [1.29, 1.82) is 0 Å². The highest BCUT2D eigenvalue weighted by molar-refractivity contribution is 9.10. The second kappa shape index (κ2) is 11.3. The average molecular weight is 619 g/mol. The van der Waals surface area contributed by atoms with Crippen molar-refractivity contribution in [1.82, 2.24) is 9.69 Å². The van der Waals surface area contributed by atoms with E-state index in [2.05, 4.69) is 25.6 Å². The van der Waals surface area contributed by atoms with Gasteiger partial charge in [0.15, 0.2) is 0 Å². The van der Waals surface area contributed by atoms with Gasteiger partial charge in [0.25, 0.3) is 0 Å². The van der Waals surface area contributed by atoms with Crippen molar-refractivity contribution in [2.75, 3.05) is 12.0 Å². The van der Waals surface area contributed by atoms with Crippen molar-refractivity contribution in [2.24, 2.45) is 0 Å². The number of rotatable bonds is 7. The number of carbonyl (C=O) groups is 2. The maximum Gasteiger partial charge on any atom is 0.415 e. The number of carbonyl (C=O) groups excluding carboxylic acids is 2. The van der Waals surface area contributed by atoms with Crippen LogP contribution in [-0.4, -0.2) is 40.9 Å². The number of aromatic nitrogens is 1. The lowest BCUT2D eigenvalue weighted by Gasteiger charge is -2.26. The summed E-state index contributed by atoms with van der Waals surface area (Å²) in [5.41, 5.74) is -0.508. The van der Waals surface area contributed by atoms with Crippen LogP contribution in [0.1, 0.15) is 64.3 Å². The molecule has 0 aromatic carbocycles. The molecule has 0 saturated carbocycles. The standard InChI is InChI=1S/C24H32BrN3O5S3/c1-13(26-21(29)32-23(2,3)4)17(31-8)18-15(25)16-19(35-18)20(36-27-16)28(12-14-10-9-11-34-14)22(30)33-24(5,6)7/h9-11,13,17H,12H2,1-8H3,(H,26,29)/t13-,17?/m0/s1. The van der Waals surface area contributed by atoms with Crippen LogP contribution in [0, 0.1) is 0 Å². The summed E-state index contributed by atoms with van der Waals surface area (Å²) >= 11 is 7.98. The quantitative estimate of drug-likeness (QED) is 0.292. The van der Waals surface area contributed by atoms with Crippen molar-refractivity contribution in [2.45, 2.75) is 78.4 Å². The van der Waals surface area contributed by atoms with E-state index in [4.69, 9.17) is 14.2 Å². The highest BCUT2D eigenvalue weighted by atomic mass is 79.9. The minimum Gasteiger partial charge on any atom is -0.444 e. The highest BCUT2D eigenvalue weighted by Gasteiger charge is 2.32. The van der Waals surface area contributed by atoms with E-state index in [1.165, 1.54) is 22.9 Å². The number of thiophene rings is 2. The summed E-state index contributed by atoms with van der Waals surface area (Å²) in [5, 5.41) is 5.54. The number of methoxy groups -OCH3 is 1. The van der Waals surface area contributed by atoms with Gasteiger partial charge in [-0.1, -0.05) is 6.07 Å². The number of fused-ring (bicyclic) bond motifs is 1. The van der Waals surface area contributed by atoms with Gasteiger partial charge >= 0.3 is 12.2 Å². The van der Waals surface area contributed by atoms with Gasteiger partial charge < -0.3 is 19.5 Å². The molecule has 36 heavy (non-hydrogen) atoms. The predicted octanol–water partition coefficient (Wildman–Crippen LogP) is 7.72. The normalized spacial score (nSPS) is 13.9. The Morgan fingerprint density at radius 3 is 2.39 bits per heavy atom. The molecule has 12 heteroatoms. The van der Waals surface area contributed by atoms with Crippen molar-refractivity contribution < 1.29 is 23.8 Å². The SMILES string of the molecule is COC(c1sc2c(N(Cc3cccs3)C(=O)OC(C)(C)C)snc2c1Br)[C@H](C)NC(=O)OC(C)(C)C. The zero-order valence-corrected chi connectivity index (χ0v) is 25.7. The average Bonchev–Trinajstić information content (AvgIpc) is 3.43. The van der Waals surface area contributed by atoms with Gasteiger partial charge in [0.2, 0.25) is 0 Å². The van der Waals surface area contributed by atoms with Gasteiger partial charge in [-0.2, -0.15) is 4.37 Å². The maximum atomic E-state index is 13.2. The predicted molar refractivity (Wildman–Crippen MR) is 151 cm³/mol. The van der Waals surface area contributed by atoms with Crippen LogP contribution in [0.4, 0.5) is 14.6 Å². The highest BCUT2D eigenvalue weighted by Crippen LogP contribution is 2.47. The van der Waals surface area contributed by atoms with Crippen LogP contribution < -0.4 is 10.2 Å². The second-order valence-electron chi connectivity index (χ2n) is 10.2. The molecule has 0 aliphatic rings. The summed E-state index contributed by atoms with van der Waals surface area (Å²) in [7, 11) is 1.59. The van der Waals surface area contributed by atoms with Crippen LogP contribution in [0.3, 0.4) is 0 Å². The molecule has 0 aliphatic carbocycles. The number of nitrogens with zero attached hydrogens (tertiary/aromatic N) is 2. The Balaban J connectivity index is 1.96. The van der Waals surface area contributed by atoms with E-state index < -0.39 is 29.5 Å². The maximum absolute atomic E-state index is 13.2. The van der Waals surface area contributed by atoms with Gasteiger partial charge in [-0.3, -0.25) is 4.90 Å². The molecule has 0 spiro atoms. The first-order chi connectivity index (χ1) is 16.7. The Hall–Kier alpha value is -1.73. The number of nitrogens with one attached hydrogen (secondary N) is 1. The molecule has 0 aliphatic heterocycles. The lowest BCUT2D eigenvalue weighted by atomic mass is 10.1. The second-order valence-corrected chi connectivity index (χ2v) is 13.8. The molecule has 0 radical (unpaired) electrons. The fourth-order valence-corrected chi connectivity index (χ4v) is 7.37. The van der Waals surface area contributed by atoms with E-state index in [9.17, 15) is 9.59 Å². The molecule has 0 saturated heterocycles. The number of hydrogen-bond acceptors (Lipinski definition) is 9. The molecule has 2 amide bonds. The van der Waals surface area contributed by atoms with Gasteiger partial charge in [-0.15, -0.1) is 22.7 Å². The molecule has 1 N–H and O–H groups in total. The Morgan fingerprint density at radius 2 is 1.83 bits per heavy atom. The molecule has 3 rings (SSSR count). The monoisotopic (exact) mass is 617 g/mol. The van der Waals surface area contributed by atoms with Crippen molar-refractivity contribution in [3.05, 3.63) is 31.7 Å². The van der Waals surface area contributed by atoms with Crippen LogP contribution in [0.25, 0.3) is 10.2 Å². The van der Waals surface area contributed by atoms with E-state index in [-0.39, 0.29) is 6.04 Å². The molecule has 2 atom stereocenters. The van der Waals surface area contributed by atoms with E-state index in [0.717, 1.165) is 24.4 Å². The molecule has 1 unspecified atom stereocenters. The minimum atomic E-state index is -0.639. The molecular weight excluding hydrogens is 586 g/mol. The zero-order chi connectivity index (χ0) is 26.8. The van der Waals surface area contributed by atoms with Crippen LogP contribution in [-0.2, 0) is 20.8 Å². The molecule has 198 valence electrons. The molecule has 3 aromatic rings. The third kappa shape index (κ3) is 7.18. The van der Waals surface area contributed by atoms with E-state index in [1.807, 2.05) is 66.0 Å². The summed E-state index contributed by atoms with van der Waals surface area (Å²) in [4.78, 5) is 29.1. The third-order valence-electron chi connectivity index (χ3n) is 4.73. The molecule has 8 nitrogen and oxygen atoms in total. The summed E-state index contributed by atoms with van der Waals surface area (Å²) in [6.07, 6.45) is -1.41. The summed E-state index contributed by atoms with van der Waals surface area (Å²) in [5.74, 6) is 0. The van der Waals surface area contributed by atoms with Crippen LogP contribution in [0.5, 0.6) is 0 Å². The van der Waals surface area contributed by atoms with E-state index in [0.29, 0.717) is 11.5 Å². The summed E-state index contributed by atoms with van der Waals surface area (Å²) in [6, 6.07) is 3.56. The first-order valence-corrected chi connectivity index (χ1v) is 14.6. The Morgan fingerprint density at radius 1 is 1.17 bits per heavy atom. The van der Waals surface area contributed by atoms with Gasteiger partial charge in [0.05, 0.1) is 26.6 Å². The lowest BCUT2D eigenvalue weighted by Crippen LogP contribution is -2.41. The minimum absolute atomic E-state index is 0.374. The molecular formula is C24H32BrN3O5S3. The van der Waals surface area contributed by atoms with Gasteiger partial charge in [0.1, 0.15) is 27.8 Å². The fourth-order valence-electron chi connectivity index (χ4n) is 3.33. The summed E-state index contributed by atoms with van der Waals surface area (Å²) in [6.45, 7) is 13.2. The zero-order valence-electron chi connectivity index (χ0n) is 21.6. The number of hydrogen-bond donors (Lipinski definition) is 1. The smallest absolute Gasteiger partial charge is 0.415 e. The molecule has 3 aromatic heterocycles. The lowest BCUT2D eigenvalue weighted by molar-refractivity contribution is 0.0362. The Kier molecular flexibility index (Phi) is 9.08. The molecule has 0 fully saturated rings. The molecule has 0 bridgehead atoms. The number of halogens is 1. The topological polar surface area (TPSA) is 90.0 Å². The van der Waals surface area contributed by atoms with Gasteiger partial charge in [-0.25, -0.2) is 9.59 Å². The van der Waals surface area contributed by atoms with Crippen molar-refractivity contribution in [3.8, 4) is 0 Å². The van der Waals surface area contributed by atoms with Crippen LogP contribution in [0.2, 0.25) is 0 Å². The van der Waals surface area contributed by atoms with Crippen LogP contribution in [0.15, 0.2) is 22.0 Å². The largest absolute Gasteiger partial charge is 0.444 e. The Labute approximate surface area is 232 Å². The molecule has 3 heterocycles. The number of amides is 2. The van der Waals surface area contributed by atoms with E-state index in [1.54, 1.807) is 23.3 Å². The summed E-state index contributed by atoms with van der Waals surface area (Å²) < 4.78 is 23.2. The van der Waals surface area contributed by atoms with Crippen molar-refractivity contribution in [3.63, 3.8) is 0 Å². The van der Waals surface area contributed by atoms with E-state index >= 15 is 0 Å². The first kappa shape index (κ1) is 28.8. The van der Waals surface area contributed by atoms with Crippen LogP contribution >= 0.6 is 50.1 Å². The first-order valence-electron chi connectivity index (χ1n) is 11.3. The number of ether oxygens (including phenoxy) is 3. The fraction of sp³-hybridized carbons (Fsp3) is 0.542. The number of alkyl carbamates (subject to hydrolysis) is 1.